The van der Waals surface area contributed by atoms with Crippen molar-refractivity contribution in [1.29, 1.82) is 0 Å². The summed E-state index contributed by atoms with van der Waals surface area (Å²) in [5.74, 6) is 0.329. The summed E-state index contributed by atoms with van der Waals surface area (Å²) in [4.78, 5) is 14.1. The largest absolute Gasteiger partial charge is 0.337 e. The zero-order valence-electron chi connectivity index (χ0n) is 15.8. The minimum atomic E-state index is -3.52. The normalized spacial score (nSPS) is 17.9. The molecule has 1 aromatic carbocycles. The quantitative estimate of drug-likeness (QED) is 0.566. The van der Waals surface area contributed by atoms with Gasteiger partial charge in [0.2, 0.25) is 15.9 Å². The summed E-state index contributed by atoms with van der Waals surface area (Å²) in [6, 6.07) is 7.17. The molecule has 0 bridgehead atoms. The van der Waals surface area contributed by atoms with Gasteiger partial charge in [0.1, 0.15) is 0 Å². The average Bonchev–Trinajstić information content (AvgIpc) is 2.67. The molecule has 1 atom stereocenters. The molecule has 1 unspecified atom stereocenters. The van der Waals surface area contributed by atoms with Crippen molar-refractivity contribution in [2.75, 3.05) is 26.2 Å². The molecule has 142 valence electrons. The maximum Gasteiger partial charge on any atom is 0.246 e. The Morgan fingerprint density at radius 2 is 1.73 bits per heavy atom. The van der Waals surface area contributed by atoms with Gasteiger partial charge in [-0.25, -0.2) is 8.42 Å². The molecule has 0 aromatic heterocycles. The smallest absolute Gasteiger partial charge is 0.246 e. The van der Waals surface area contributed by atoms with Crippen LogP contribution in [0.2, 0.25) is 0 Å². The van der Waals surface area contributed by atoms with Crippen molar-refractivity contribution in [3.8, 4) is 0 Å². The van der Waals surface area contributed by atoms with Crippen LogP contribution in [-0.2, 0) is 14.8 Å². The van der Waals surface area contributed by atoms with E-state index in [1.165, 1.54) is 10.4 Å². The van der Waals surface area contributed by atoms with E-state index in [1.807, 2.05) is 25.1 Å². The molecule has 0 radical (unpaired) electrons. The number of sulfonamides is 1. The van der Waals surface area contributed by atoms with Crippen LogP contribution in [0.3, 0.4) is 0 Å². The number of allylic oxidation sites excluding steroid dienone is 3. The van der Waals surface area contributed by atoms with E-state index >= 15 is 0 Å². The van der Waals surface area contributed by atoms with Gasteiger partial charge >= 0.3 is 0 Å². The number of piperazine rings is 1. The molecule has 1 heterocycles. The number of nitrogens with zero attached hydrogens (tertiary/aromatic N) is 2. The number of hydrogen-bond acceptors (Lipinski definition) is 3. The third-order valence-corrected chi connectivity index (χ3v) is 6.70. The van der Waals surface area contributed by atoms with E-state index in [9.17, 15) is 13.2 Å². The molecule has 1 aromatic rings. The van der Waals surface area contributed by atoms with Gasteiger partial charge in [-0.3, -0.25) is 4.79 Å². The van der Waals surface area contributed by atoms with E-state index in [0.29, 0.717) is 37.0 Å². The lowest BCUT2D eigenvalue weighted by molar-refractivity contribution is -0.127. The Labute approximate surface area is 157 Å². The third-order valence-electron chi connectivity index (χ3n) is 4.79. The van der Waals surface area contributed by atoms with Crippen LogP contribution in [0.4, 0.5) is 0 Å². The Kier molecular flexibility index (Phi) is 7.17. The Balaban J connectivity index is 2.02. The lowest BCUT2D eigenvalue weighted by Gasteiger charge is -2.33. The lowest BCUT2D eigenvalue weighted by atomic mass is 9.99. The van der Waals surface area contributed by atoms with Crippen molar-refractivity contribution in [3.63, 3.8) is 0 Å². The fourth-order valence-electron chi connectivity index (χ4n) is 2.86. The van der Waals surface area contributed by atoms with Gasteiger partial charge in [-0.2, -0.15) is 4.31 Å². The second kappa shape index (κ2) is 9.14. The van der Waals surface area contributed by atoms with E-state index in [1.54, 1.807) is 29.2 Å². The number of carbonyl (C=O) groups is 1. The van der Waals surface area contributed by atoms with E-state index < -0.39 is 10.0 Å². The van der Waals surface area contributed by atoms with Gasteiger partial charge in [0, 0.05) is 32.3 Å². The Morgan fingerprint density at radius 1 is 1.12 bits per heavy atom. The van der Waals surface area contributed by atoms with Gasteiger partial charge in [0.15, 0.2) is 0 Å². The molecule has 6 heteroatoms. The molecule has 5 nitrogen and oxygen atoms in total. The maximum absolute atomic E-state index is 12.8. The number of benzene rings is 1. The molecule has 1 fully saturated rings. The minimum Gasteiger partial charge on any atom is -0.337 e. The Bertz CT molecular complexity index is 759. The zero-order valence-corrected chi connectivity index (χ0v) is 16.6. The van der Waals surface area contributed by atoms with Crippen LogP contribution < -0.4 is 0 Å². The first kappa shape index (κ1) is 20.4. The van der Waals surface area contributed by atoms with Gasteiger partial charge in [-0.05, 0) is 37.0 Å². The van der Waals surface area contributed by atoms with Crippen molar-refractivity contribution in [3.05, 3.63) is 54.1 Å². The monoisotopic (exact) mass is 376 g/mol. The number of hydrogen-bond donors (Lipinski definition) is 0. The van der Waals surface area contributed by atoms with Crippen LogP contribution in [0.1, 0.15) is 38.7 Å². The predicted octanol–water partition coefficient (Wildman–Crippen LogP) is 3.17. The third kappa shape index (κ3) is 4.83. The van der Waals surface area contributed by atoms with Crippen LogP contribution in [0.5, 0.6) is 0 Å². The predicted molar refractivity (Wildman–Crippen MR) is 104 cm³/mol. The van der Waals surface area contributed by atoms with Crippen LogP contribution in [0.15, 0.2) is 53.5 Å². The van der Waals surface area contributed by atoms with Crippen molar-refractivity contribution in [2.24, 2.45) is 0 Å². The minimum absolute atomic E-state index is 0.0851. The summed E-state index contributed by atoms with van der Waals surface area (Å²) in [6.07, 6.45) is 7.87. The molecule has 1 saturated heterocycles. The highest BCUT2D eigenvalue weighted by Gasteiger charge is 2.29. The Morgan fingerprint density at radius 3 is 2.27 bits per heavy atom. The van der Waals surface area contributed by atoms with E-state index in [2.05, 4.69) is 13.8 Å². The first-order chi connectivity index (χ1) is 12.4. The molecule has 0 N–H and O–H groups in total. The van der Waals surface area contributed by atoms with Crippen molar-refractivity contribution in [2.45, 2.75) is 38.0 Å². The summed E-state index contributed by atoms with van der Waals surface area (Å²) >= 11 is 0. The molecule has 1 amide bonds. The highest BCUT2D eigenvalue weighted by atomic mass is 32.2. The summed E-state index contributed by atoms with van der Waals surface area (Å²) in [5.41, 5.74) is 1.15. The summed E-state index contributed by atoms with van der Waals surface area (Å²) in [7, 11) is -3.52. The SMILES string of the molecule is CC=CC=CC(=O)N1CCN(S(=O)(=O)c2ccc(C(C)CC)cc2)CC1. The molecule has 26 heavy (non-hydrogen) atoms. The molecule has 1 aliphatic rings. The molecule has 0 spiro atoms. The number of amides is 1. The highest BCUT2D eigenvalue weighted by molar-refractivity contribution is 7.89. The van der Waals surface area contributed by atoms with Gasteiger partial charge in [0.25, 0.3) is 0 Å². The van der Waals surface area contributed by atoms with Gasteiger partial charge in [-0.15, -0.1) is 0 Å². The Hall–Kier alpha value is -1.92. The van der Waals surface area contributed by atoms with Crippen LogP contribution in [-0.4, -0.2) is 49.7 Å². The lowest BCUT2D eigenvalue weighted by Crippen LogP contribution is -2.50. The standard InChI is InChI=1S/C20H28N2O3S/c1-4-6-7-8-20(23)21-13-15-22(16-14-21)26(24,25)19-11-9-18(10-12-19)17(3)5-2/h4,6-12,17H,5,13-16H2,1-3H3. The van der Waals surface area contributed by atoms with E-state index in [4.69, 9.17) is 0 Å². The molecule has 0 saturated carbocycles. The van der Waals surface area contributed by atoms with Crippen LogP contribution in [0.25, 0.3) is 0 Å². The summed E-state index contributed by atoms with van der Waals surface area (Å²) in [6.45, 7) is 7.58. The maximum atomic E-state index is 12.8. The fraction of sp³-hybridized carbons (Fsp3) is 0.450. The second-order valence-corrected chi connectivity index (χ2v) is 8.43. The number of rotatable bonds is 6. The van der Waals surface area contributed by atoms with Crippen LogP contribution in [0, 0.1) is 0 Å². The first-order valence-corrected chi connectivity index (χ1v) is 10.5. The van der Waals surface area contributed by atoms with Crippen molar-refractivity contribution >= 4 is 15.9 Å². The first-order valence-electron chi connectivity index (χ1n) is 9.08. The second-order valence-electron chi connectivity index (χ2n) is 6.49. The molecular formula is C20H28N2O3S. The van der Waals surface area contributed by atoms with Gasteiger partial charge in [-0.1, -0.05) is 44.2 Å². The molecule has 2 rings (SSSR count). The fourth-order valence-corrected chi connectivity index (χ4v) is 4.28. The molecule has 0 aliphatic carbocycles. The zero-order chi connectivity index (χ0) is 19.2. The summed E-state index contributed by atoms with van der Waals surface area (Å²) < 4.78 is 27.1. The average molecular weight is 377 g/mol. The topological polar surface area (TPSA) is 57.7 Å². The number of carbonyl (C=O) groups excluding carboxylic acids is 1. The molecular weight excluding hydrogens is 348 g/mol. The van der Waals surface area contributed by atoms with E-state index in [0.717, 1.165) is 12.0 Å². The molecule has 1 aliphatic heterocycles. The van der Waals surface area contributed by atoms with Crippen molar-refractivity contribution in [1.82, 2.24) is 9.21 Å². The highest BCUT2D eigenvalue weighted by Crippen LogP contribution is 2.23. The van der Waals surface area contributed by atoms with Gasteiger partial charge < -0.3 is 4.90 Å². The van der Waals surface area contributed by atoms with Crippen molar-refractivity contribution < 1.29 is 13.2 Å². The van der Waals surface area contributed by atoms with Crippen LogP contribution >= 0.6 is 0 Å². The van der Waals surface area contributed by atoms with Gasteiger partial charge in [0.05, 0.1) is 4.90 Å². The summed E-state index contributed by atoms with van der Waals surface area (Å²) in [5, 5.41) is 0. The van der Waals surface area contributed by atoms with E-state index in [-0.39, 0.29) is 5.91 Å².